The van der Waals surface area contributed by atoms with Crippen molar-refractivity contribution < 1.29 is 27.4 Å². The lowest BCUT2D eigenvalue weighted by Crippen LogP contribution is -2.44. The number of hydrogen-bond acceptors (Lipinski definition) is 8. The maximum absolute atomic E-state index is 14.9. The van der Waals surface area contributed by atoms with Crippen LogP contribution in [-0.2, 0) is 10.0 Å². The highest BCUT2D eigenvalue weighted by molar-refractivity contribution is 7.92. The number of ether oxygens (including phenoxy) is 1. The van der Waals surface area contributed by atoms with Crippen LogP contribution in [0.25, 0.3) is 22.0 Å². The molecule has 0 aliphatic carbocycles. The number of nitrogens with one attached hydrogen (secondary N) is 2. The van der Waals surface area contributed by atoms with Gasteiger partial charge in [-0.3, -0.25) is 4.72 Å². The molecule has 220 valence electrons. The van der Waals surface area contributed by atoms with Crippen molar-refractivity contribution in [3.8, 4) is 22.9 Å². The van der Waals surface area contributed by atoms with Crippen molar-refractivity contribution in [3.63, 3.8) is 0 Å². The third-order valence-electron chi connectivity index (χ3n) is 6.95. The number of benzene rings is 2. The number of aromatic nitrogens is 3. The summed E-state index contributed by atoms with van der Waals surface area (Å²) in [6, 6.07) is 11.3. The molecular weight excluding hydrogens is 563 g/mol. The number of sulfonamides is 1. The lowest BCUT2D eigenvalue weighted by molar-refractivity contribution is 0.132. The molecule has 1 saturated heterocycles. The Morgan fingerprint density at radius 1 is 1.14 bits per heavy atom. The molecule has 11 nitrogen and oxygen atoms in total. The van der Waals surface area contributed by atoms with E-state index in [1.165, 1.54) is 11.0 Å². The smallest absolute Gasteiger partial charge is 0.407 e. The van der Waals surface area contributed by atoms with Crippen LogP contribution in [0.2, 0.25) is 0 Å². The van der Waals surface area contributed by atoms with Crippen LogP contribution in [0, 0.1) is 12.7 Å². The second kappa shape index (κ2) is 12.1. The van der Waals surface area contributed by atoms with Crippen LogP contribution in [0.3, 0.4) is 0 Å². The number of amides is 1. The van der Waals surface area contributed by atoms with E-state index in [2.05, 4.69) is 25.0 Å². The molecule has 1 aliphatic rings. The van der Waals surface area contributed by atoms with Crippen LogP contribution in [-0.4, -0.2) is 64.4 Å². The first-order valence-corrected chi connectivity index (χ1v) is 15.2. The highest BCUT2D eigenvalue weighted by Crippen LogP contribution is 2.39. The maximum atomic E-state index is 14.9. The Bertz CT molecular complexity index is 1740. The zero-order valence-electron chi connectivity index (χ0n) is 23.2. The van der Waals surface area contributed by atoms with Crippen molar-refractivity contribution in [1.82, 2.24) is 19.9 Å². The second-order valence-corrected chi connectivity index (χ2v) is 11.9. The normalized spacial score (nSPS) is 15.4. The minimum Gasteiger partial charge on any atom is -0.465 e. The summed E-state index contributed by atoms with van der Waals surface area (Å²) >= 11 is 0. The minimum atomic E-state index is -3.74. The van der Waals surface area contributed by atoms with Crippen molar-refractivity contribution in [2.75, 3.05) is 28.9 Å². The Labute approximate surface area is 242 Å². The quantitative estimate of drug-likeness (QED) is 0.224. The molecule has 13 heteroatoms. The first kappa shape index (κ1) is 29.0. The topological polar surface area (TPSA) is 147 Å². The van der Waals surface area contributed by atoms with Gasteiger partial charge >= 0.3 is 6.09 Å². The third-order valence-corrected chi connectivity index (χ3v) is 8.42. The Kier molecular flexibility index (Phi) is 8.39. The summed E-state index contributed by atoms with van der Waals surface area (Å²) in [6.07, 6.45) is 4.13. The van der Waals surface area contributed by atoms with Crippen molar-refractivity contribution in [2.45, 2.75) is 39.2 Å². The number of carbonyl (C=O) groups is 1. The Hall–Kier alpha value is -4.52. The van der Waals surface area contributed by atoms with Gasteiger partial charge in [-0.2, -0.15) is 0 Å². The summed E-state index contributed by atoms with van der Waals surface area (Å²) in [5, 5.41) is 13.4. The van der Waals surface area contributed by atoms with Crippen molar-refractivity contribution >= 4 is 38.5 Å². The van der Waals surface area contributed by atoms with Crippen LogP contribution in [0.1, 0.15) is 31.7 Å². The lowest BCUT2D eigenvalue weighted by Gasteiger charge is -2.31. The molecule has 42 heavy (non-hydrogen) atoms. The average Bonchev–Trinajstić information content (AvgIpc) is 2.96. The number of anilines is 2. The highest BCUT2D eigenvalue weighted by atomic mass is 32.2. The first-order chi connectivity index (χ1) is 20.1. The van der Waals surface area contributed by atoms with Gasteiger partial charge in [0, 0.05) is 42.3 Å². The number of carboxylic acid groups (broad SMARTS) is 1. The molecule has 2 aromatic heterocycles. The minimum absolute atomic E-state index is 0.127. The van der Waals surface area contributed by atoms with Gasteiger partial charge in [0.2, 0.25) is 21.9 Å². The standard InChI is InChI=1S/C29H31FN6O5S/c1-3-16-42(39,40)35-25-20-9-8-18(2)26(21(20)10-11-23(25)30)41-27-22(7-4-13-31-27)24-12-14-32-28(34-24)33-19-6-5-15-36(17-19)29(37)38/h4,7-14,19,35H,3,5-6,15-17H2,1-2H3,(H,37,38)(H,32,33,34). The molecule has 4 aromatic rings. The largest absolute Gasteiger partial charge is 0.465 e. The van der Waals surface area contributed by atoms with Gasteiger partial charge in [-0.05, 0) is 62.1 Å². The first-order valence-electron chi connectivity index (χ1n) is 13.6. The van der Waals surface area contributed by atoms with E-state index in [1.807, 2.05) is 6.92 Å². The molecular formula is C29H31FN6O5S. The molecule has 3 heterocycles. The number of likely N-dealkylation sites (tertiary alicyclic amines) is 1. The van der Waals surface area contributed by atoms with E-state index in [1.54, 1.807) is 55.7 Å². The van der Waals surface area contributed by atoms with Crippen LogP contribution in [0.15, 0.2) is 54.9 Å². The van der Waals surface area contributed by atoms with Gasteiger partial charge < -0.3 is 20.1 Å². The van der Waals surface area contributed by atoms with Gasteiger partial charge in [0.05, 0.1) is 22.7 Å². The summed E-state index contributed by atoms with van der Waals surface area (Å²) in [4.78, 5) is 26.2. The Balaban J connectivity index is 1.47. The summed E-state index contributed by atoms with van der Waals surface area (Å²) in [7, 11) is -3.74. The van der Waals surface area contributed by atoms with Gasteiger partial charge in [-0.25, -0.2) is 32.6 Å². The third kappa shape index (κ3) is 6.35. The number of rotatable bonds is 9. The molecule has 0 radical (unpaired) electrons. The van der Waals surface area contributed by atoms with E-state index in [0.29, 0.717) is 53.2 Å². The number of pyridine rings is 1. The fourth-order valence-electron chi connectivity index (χ4n) is 4.97. The summed E-state index contributed by atoms with van der Waals surface area (Å²) in [6.45, 7) is 4.40. The monoisotopic (exact) mass is 594 g/mol. The van der Waals surface area contributed by atoms with Crippen molar-refractivity contribution in [3.05, 3.63) is 66.2 Å². The lowest BCUT2D eigenvalue weighted by atomic mass is 10.0. The molecule has 1 fully saturated rings. The van der Waals surface area contributed by atoms with Gasteiger partial charge in [0.15, 0.2) is 0 Å². The Morgan fingerprint density at radius 3 is 2.74 bits per heavy atom. The number of piperidine rings is 1. The van der Waals surface area contributed by atoms with E-state index in [4.69, 9.17) is 4.74 Å². The maximum Gasteiger partial charge on any atom is 0.407 e. The Morgan fingerprint density at radius 2 is 1.95 bits per heavy atom. The number of fused-ring (bicyclic) bond motifs is 1. The number of nitrogens with zero attached hydrogens (tertiary/aromatic N) is 4. The zero-order valence-corrected chi connectivity index (χ0v) is 24.0. The molecule has 1 atom stereocenters. The molecule has 1 aliphatic heterocycles. The molecule has 0 spiro atoms. The van der Waals surface area contributed by atoms with E-state index in [0.717, 1.165) is 18.4 Å². The fourth-order valence-corrected chi connectivity index (χ4v) is 6.13. The van der Waals surface area contributed by atoms with Crippen LogP contribution >= 0.6 is 0 Å². The summed E-state index contributed by atoms with van der Waals surface area (Å²) in [5.41, 5.74) is 1.70. The van der Waals surface area contributed by atoms with Gasteiger partial charge in [-0.15, -0.1) is 0 Å². The van der Waals surface area contributed by atoms with Crippen molar-refractivity contribution in [1.29, 1.82) is 0 Å². The molecule has 0 saturated carbocycles. The van der Waals surface area contributed by atoms with Crippen LogP contribution in [0.4, 0.5) is 20.8 Å². The van der Waals surface area contributed by atoms with Crippen molar-refractivity contribution in [2.24, 2.45) is 0 Å². The number of hydrogen-bond donors (Lipinski definition) is 3. The number of halogens is 1. The molecule has 3 N–H and O–H groups in total. The van der Waals surface area contributed by atoms with E-state index in [9.17, 15) is 22.7 Å². The van der Waals surface area contributed by atoms with Crippen LogP contribution < -0.4 is 14.8 Å². The molecule has 2 aromatic carbocycles. The van der Waals surface area contributed by atoms with Gasteiger partial charge in [-0.1, -0.05) is 19.1 Å². The molecule has 0 bridgehead atoms. The van der Waals surface area contributed by atoms with E-state index < -0.39 is 21.9 Å². The molecule has 5 rings (SSSR count). The predicted molar refractivity (Wildman–Crippen MR) is 158 cm³/mol. The number of aryl methyl sites for hydroxylation is 1. The van der Waals surface area contributed by atoms with Crippen LogP contribution in [0.5, 0.6) is 11.6 Å². The SMILES string of the molecule is CCCS(=O)(=O)Nc1c(F)ccc2c(Oc3ncccc3-c3ccnc(NC4CCCN(C(=O)O)C4)n3)c(C)ccc12. The molecule has 1 unspecified atom stereocenters. The second-order valence-electron chi connectivity index (χ2n) is 10.1. The highest BCUT2D eigenvalue weighted by Gasteiger charge is 2.24. The molecule has 1 amide bonds. The van der Waals surface area contributed by atoms with Gasteiger partial charge in [0.25, 0.3) is 0 Å². The zero-order chi connectivity index (χ0) is 29.9. The van der Waals surface area contributed by atoms with Gasteiger partial charge in [0.1, 0.15) is 11.6 Å². The predicted octanol–water partition coefficient (Wildman–Crippen LogP) is 5.64. The summed E-state index contributed by atoms with van der Waals surface area (Å²) < 4.78 is 48.6. The fraction of sp³-hybridized carbons (Fsp3) is 0.310. The average molecular weight is 595 g/mol. The van der Waals surface area contributed by atoms with E-state index in [-0.39, 0.29) is 23.4 Å². The van der Waals surface area contributed by atoms with E-state index >= 15 is 0 Å². The summed E-state index contributed by atoms with van der Waals surface area (Å²) in [5.74, 6) is 0.155.